The number of aromatic nitrogens is 2. The molecule has 3 nitrogen and oxygen atoms in total. The second-order valence-electron chi connectivity index (χ2n) is 4.04. The summed E-state index contributed by atoms with van der Waals surface area (Å²) in [5.74, 6) is 1.09. The number of aryl methyl sites for hydroxylation is 1. The van der Waals surface area contributed by atoms with Crippen molar-refractivity contribution in [1.29, 1.82) is 0 Å². The third-order valence-electron chi connectivity index (χ3n) is 2.80. The molecule has 0 aromatic carbocycles. The highest BCUT2D eigenvalue weighted by molar-refractivity contribution is 5.18. The summed E-state index contributed by atoms with van der Waals surface area (Å²) >= 11 is 0. The van der Waals surface area contributed by atoms with Crippen molar-refractivity contribution in [2.75, 3.05) is 7.05 Å². The van der Waals surface area contributed by atoms with Gasteiger partial charge in [-0.2, -0.15) is 0 Å². The molecular weight excluding hydrogens is 162 g/mol. The molecule has 1 rings (SSSR count). The first-order chi connectivity index (χ1) is 5.90. The van der Waals surface area contributed by atoms with Gasteiger partial charge in [-0.3, -0.25) is 0 Å². The average Bonchev–Trinajstić information content (AvgIpc) is 2.33. The normalized spacial score (nSPS) is 12.2. The van der Waals surface area contributed by atoms with Crippen molar-refractivity contribution < 1.29 is 0 Å². The van der Waals surface area contributed by atoms with Gasteiger partial charge in [-0.25, -0.2) is 4.98 Å². The highest BCUT2D eigenvalue weighted by Gasteiger charge is 2.24. The molecule has 1 heterocycles. The molecule has 0 spiro atoms. The largest absolute Gasteiger partial charge is 0.334 e. The van der Waals surface area contributed by atoms with Gasteiger partial charge in [-0.05, 0) is 34.7 Å². The molecule has 0 atom stereocenters. The zero-order chi connectivity index (χ0) is 10.2. The second-order valence-corrected chi connectivity index (χ2v) is 4.04. The molecule has 3 heteroatoms. The first kappa shape index (κ1) is 10.3. The van der Waals surface area contributed by atoms with Crippen molar-refractivity contribution in [2.45, 2.75) is 33.2 Å². The van der Waals surface area contributed by atoms with Crippen LogP contribution in [0.3, 0.4) is 0 Å². The third kappa shape index (κ3) is 1.61. The van der Waals surface area contributed by atoms with Crippen molar-refractivity contribution in [3.05, 3.63) is 17.2 Å². The number of hydrogen-bond donors (Lipinski definition) is 1. The molecule has 0 aliphatic heterocycles. The minimum atomic E-state index is -0.0617. The average molecular weight is 181 g/mol. The third-order valence-corrected chi connectivity index (χ3v) is 2.80. The molecule has 74 valence electrons. The molecule has 1 aromatic heterocycles. The molecule has 0 aliphatic rings. The van der Waals surface area contributed by atoms with E-state index >= 15 is 0 Å². The second kappa shape index (κ2) is 3.14. The maximum absolute atomic E-state index is 4.55. The number of nitrogens with one attached hydrogen (secondary N) is 1. The quantitative estimate of drug-likeness (QED) is 0.749. The lowest BCUT2D eigenvalue weighted by molar-refractivity contribution is 0.403. The lowest BCUT2D eigenvalue weighted by Gasteiger charge is -2.23. The Kier molecular flexibility index (Phi) is 2.48. The monoisotopic (exact) mass is 181 g/mol. The fraction of sp³-hybridized carbons (Fsp3) is 0.700. The number of imidazole rings is 1. The van der Waals surface area contributed by atoms with E-state index in [1.807, 2.05) is 14.0 Å². The molecular formula is C10H19N3. The Morgan fingerprint density at radius 2 is 1.85 bits per heavy atom. The van der Waals surface area contributed by atoms with Gasteiger partial charge in [0.05, 0.1) is 11.2 Å². The summed E-state index contributed by atoms with van der Waals surface area (Å²) in [6.07, 6.45) is 0. The SMILES string of the molecule is CNC(C)(C)c1nc(C)c(C)n1C. The van der Waals surface area contributed by atoms with E-state index in [1.165, 1.54) is 5.69 Å². The van der Waals surface area contributed by atoms with E-state index in [9.17, 15) is 0 Å². The molecule has 0 aliphatic carbocycles. The first-order valence-electron chi connectivity index (χ1n) is 4.59. The first-order valence-corrected chi connectivity index (χ1v) is 4.59. The van der Waals surface area contributed by atoms with Gasteiger partial charge in [0.25, 0.3) is 0 Å². The Morgan fingerprint density at radius 3 is 2.15 bits per heavy atom. The van der Waals surface area contributed by atoms with Crippen molar-refractivity contribution in [2.24, 2.45) is 7.05 Å². The summed E-state index contributed by atoms with van der Waals surface area (Å²) in [6, 6.07) is 0. The van der Waals surface area contributed by atoms with Crippen LogP contribution in [0.5, 0.6) is 0 Å². The van der Waals surface area contributed by atoms with Gasteiger partial charge in [0.1, 0.15) is 5.82 Å². The van der Waals surface area contributed by atoms with Crippen LogP contribution in [0.25, 0.3) is 0 Å². The molecule has 13 heavy (non-hydrogen) atoms. The smallest absolute Gasteiger partial charge is 0.128 e. The van der Waals surface area contributed by atoms with Gasteiger partial charge in [0.2, 0.25) is 0 Å². The summed E-state index contributed by atoms with van der Waals surface area (Å²) in [4.78, 5) is 4.55. The maximum atomic E-state index is 4.55. The number of nitrogens with zero attached hydrogens (tertiary/aromatic N) is 2. The van der Waals surface area contributed by atoms with Crippen molar-refractivity contribution in [3.8, 4) is 0 Å². The fourth-order valence-electron chi connectivity index (χ4n) is 1.39. The van der Waals surface area contributed by atoms with Crippen LogP contribution in [-0.4, -0.2) is 16.6 Å². The van der Waals surface area contributed by atoms with Crippen LogP contribution >= 0.6 is 0 Å². The van der Waals surface area contributed by atoms with Crippen molar-refractivity contribution in [3.63, 3.8) is 0 Å². The number of hydrogen-bond acceptors (Lipinski definition) is 2. The van der Waals surface area contributed by atoms with Crippen LogP contribution < -0.4 is 5.32 Å². The van der Waals surface area contributed by atoms with E-state index in [-0.39, 0.29) is 5.54 Å². The van der Waals surface area contributed by atoms with Crippen LogP contribution in [0.4, 0.5) is 0 Å². The van der Waals surface area contributed by atoms with E-state index in [0.29, 0.717) is 0 Å². The Hall–Kier alpha value is -0.830. The lowest BCUT2D eigenvalue weighted by atomic mass is 10.1. The Balaban J connectivity index is 3.23. The molecule has 0 saturated heterocycles. The molecule has 0 amide bonds. The molecule has 0 bridgehead atoms. The standard InChI is InChI=1S/C10H19N3/c1-7-8(2)13(6)9(12-7)10(3,4)11-5/h11H,1-6H3. The van der Waals surface area contributed by atoms with Crippen LogP contribution in [0.15, 0.2) is 0 Å². The van der Waals surface area contributed by atoms with E-state index in [4.69, 9.17) is 0 Å². The molecule has 0 fully saturated rings. The van der Waals surface area contributed by atoms with Gasteiger partial charge >= 0.3 is 0 Å². The van der Waals surface area contributed by atoms with Gasteiger partial charge < -0.3 is 9.88 Å². The van der Waals surface area contributed by atoms with E-state index < -0.39 is 0 Å². The Bertz CT molecular complexity index is 310. The molecule has 1 N–H and O–H groups in total. The van der Waals surface area contributed by atoms with Crippen LogP contribution in [0.2, 0.25) is 0 Å². The van der Waals surface area contributed by atoms with Crippen LogP contribution in [0, 0.1) is 13.8 Å². The van der Waals surface area contributed by atoms with Gasteiger partial charge in [-0.15, -0.1) is 0 Å². The molecule has 0 saturated carbocycles. The Labute approximate surface area is 80.2 Å². The maximum Gasteiger partial charge on any atom is 0.128 e. The fourth-order valence-corrected chi connectivity index (χ4v) is 1.39. The van der Waals surface area contributed by atoms with Gasteiger partial charge in [-0.1, -0.05) is 0 Å². The summed E-state index contributed by atoms with van der Waals surface area (Å²) in [5, 5.41) is 3.26. The highest BCUT2D eigenvalue weighted by Crippen LogP contribution is 2.20. The Morgan fingerprint density at radius 1 is 1.31 bits per heavy atom. The van der Waals surface area contributed by atoms with Gasteiger partial charge in [0.15, 0.2) is 0 Å². The zero-order valence-corrected chi connectivity index (χ0v) is 9.39. The molecule has 0 radical (unpaired) electrons. The number of rotatable bonds is 2. The van der Waals surface area contributed by atoms with E-state index in [0.717, 1.165) is 11.5 Å². The minimum Gasteiger partial charge on any atom is -0.334 e. The summed E-state index contributed by atoms with van der Waals surface area (Å²) in [6.45, 7) is 8.41. The van der Waals surface area contributed by atoms with Gasteiger partial charge in [0, 0.05) is 12.7 Å². The van der Waals surface area contributed by atoms with Crippen molar-refractivity contribution in [1.82, 2.24) is 14.9 Å². The summed E-state index contributed by atoms with van der Waals surface area (Å²) in [7, 11) is 4.02. The van der Waals surface area contributed by atoms with Crippen molar-refractivity contribution >= 4 is 0 Å². The van der Waals surface area contributed by atoms with Crippen LogP contribution in [0.1, 0.15) is 31.1 Å². The summed E-state index contributed by atoms with van der Waals surface area (Å²) in [5.41, 5.74) is 2.28. The molecule has 0 unspecified atom stereocenters. The highest BCUT2D eigenvalue weighted by atomic mass is 15.1. The van der Waals surface area contributed by atoms with E-state index in [1.54, 1.807) is 0 Å². The van der Waals surface area contributed by atoms with E-state index in [2.05, 4.69) is 42.7 Å². The topological polar surface area (TPSA) is 29.9 Å². The van der Waals surface area contributed by atoms with Crippen LogP contribution in [-0.2, 0) is 12.6 Å². The minimum absolute atomic E-state index is 0.0617. The summed E-state index contributed by atoms with van der Waals surface area (Å²) < 4.78 is 2.14. The zero-order valence-electron chi connectivity index (χ0n) is 9.39. The lowest BCUT2D eigenvalue weighted by Crippen LogP contribution is -2.36. The predicted molar refractivity (Wildman–Crippen MR) is 54.8 cm³/mol. The predicted octanol–water partition coefficient (Wildman–Crippen LogP) is 1.49. The molecule has 1 aromatic rings.